The zero-order valence-electron chi connectivity index (χ0n) is 20.5. The number of aliphatic carboxylic acids is 1. The van der Waals surface area contributed by atoms with Gasteiger partial charge in [0.05, 0.1) is 0 Å². The van der Waals surface area contributed by atoms with Crippen molar-refractivity contribution >= 4 is 18.0 Å². The molecule has 2 aliphatic rings. The summed E-state index contributed by atoms with van der Waals surface area (Å²) in [6.45, 7) is 4.90. The van der Waals surface area contributed by atoms with Crippen molar-refractivity contribution in [2.75, 3.05) is 19.7 Å². The van der Waals surface area contributed by atoms with Gasteiger partial charge in [0, 0.05) is 25.4 Å². The third-order valence-corrected chi connectivity index (χ3v) is 7.50. The lowest BCUT2D eigenvalue weighted by Gasteiger charge is -2.31. The molecule has 1 fully saturated rings. The number of nitrogens with one attached hydrogen (secondary N) is 1. The number of rotatable bonds is 9. The standard InChI is InChI=1S/C28H34N2O5/c1-19(12-13-25(31)30-17-7-15-28(30,2)26(32)33)14-16-29-27(34)35-18-24-22-10-5-3-8-20(22)21-9-4-6-11-23(21)24/h3-6,8-11,19,24H,7,12-18H2,1-2H3,(H,29,34)(H,32,33)/t19?,28-/m1/s1. The number of carbonyl (C=O) groups excluding carboxylic acids is 2. The smallest absolute Gasteiger partial charge is 0.407 e. The molecule has 2 atom stereocenters. The van der Waals surface area contributed by atoms with Crippen molar-refractivity contribution in [3.05, 3.63) is 59.7 Å². The second-order valence-electron chi connectivity index (χ2n) is 9.91. The molecule has 0 bridgehead atoms. The molecule has 0 spiro atoms. The van der Waals surface area contributed by atoms with Gasteiger partial charge in [-0.1, -0.05) is 55.5 Å². The van der Waals surface area contributed by atoms with Crippen molar-refractivity contribution in [3.8, 4) is 11.1 Å². The van der Waals surface area contributed by atoms with E-state index in [1.165, 1.54) is 27.2 Å². The Bertz CT molecular complexity index is 1050. The van der Waals surface area contributed by atoms with Gasteiger partial charge in [0.15, 0.2) is 0 Å². The van der Waals surface area contributed by atoms with Gasteiger partial charge in [-0.15, -0.1) is 0 Å². The number of alkyl carbamates (subject to hydrolysis) is 1. The van der Waals surface area contributed by atoms with Gasteiger partial charge in [0.2, 0.25) is 5.91 Å². The highest BCUT2D eigenvalue weighted by atomic mass is 16.5. The molecule has 0 saturated carbocycles. The molecule has 1 unspecified atom stereocenters. The predicted octanol–water partition coefficient (Wildman–Crippen LogP) is 4.80. The van der Waals surface area contributed by atoms with Crippen LogP contribution >= 0.6 is 0 Å². The van der Waals surface area contributed by atoms with Crippen LogP contribution in [-0.2, 0) is 14.3 Å². The van der Waals surface area contributed by atoms with Crippen LogP contribution in [0, 0.1) is 5.92 Å². The number of amides is 2. The third kappa shape index (κ3) is 5.19. The number of fused-ring (bicyclic) bond motifs is 3. The van der Waals surface area contributed by atoms with E-state index in [4.69, 9.17) is 4.74 Å². The quantitative estimate of drug-likeness (QED) is 0.540. The first kappa shape index (κ1) is 24.8. The van der Waals surface area contributed by atoms with Gasteiger partial charge in [0.1, 0.15) is 12.1 Å². The molecule has 1 aliphatic heterocycles. The fourth-order valence-electron chi connectivity index (χ4n) is 5.30. The van der Waals surface area contributed by atoms with Gasteiger partial charge in [-0.3, -0.25) is 4.79 Å². The molecule has 186 valence electrons. The fourth-order valence-corrected chi connectivity index (χ4v) is 5.30. The lowest BCUT2D eigenvalue weighted by Crippen LogP contribution is -2.50. The van der Waals surface area contributed by atoms with Crippen LogP contribution in [0.25, 0.3) is 11.1 Å². The van der Waals surface area contributed by atoms with Gasteiger partial charge in [-0.05, 0) is 60.8 Å². The lowest BCUT2D eigenvalue weighted by molar-refractivity contribution is -0.155. The zero-order valence-corrected chi connectivity index (χ0v) is 20.5. The van der Waals surface area contributed by atoms with E-state index >= 15 is 0 Å². The molecule has 35 heavy (non-hydrogen) atoms. The molecule has 4 rings (SSSR count). The largest absolute Gasteiger partial charge is 0.480 e. The second-order valence-corrected chi connectivity index (χ2v) is 9.91. The highest BCUT2D eigenvalue weighted by Crippen LogP contribution is 2.44. The number of hydrogen-bond donors (Lipinski definition) is 2. The first-order chi connectivity index (χ1) is 16.8. The van der Waals surface area contributed by atoms with Crippen LogP contribution in [0.3, 0.4) is 0 Å². The molecule has 0 radical (unpaired) electrons. The number of hydrogen-bond acceptors (Lipinski definition) is 4. The third-order valence-electron chi connectivity index (χ3n) is 7.50. The van der Waals surface area contributed by atoms with Crippen LogP contribution < -0.4 is 5.32 Å². The van der Waals surface area contributed by atoms with Gasteiger partial charge in [-0.2, -0.15) is 0 Å². The molecule has 2 aromatic rings. The van der Waals surface area contributed by atoms with E-state index in [0.717, 1.165) is 0 Å². The fraction of sp³-hybridized carbons (Fsp3) is 0.464. The molecule has 1 heterocycles. The Labute approximate surface area is 206 Å². The number of likely N-dealkylation sites (tertiary alicyclic amines) is 1. The molecule has 1 aliphatic carbocycles. The minimum absolute atomic E-state index is 0.0279. The van der Waals surface area contributed by atoms with E-state index in [2.05, 4.69) is 29.6 Å². The summed E-state index contributed by atoms with van der Waals surface area (Å²) in [6, 6.07) is 16.5. The van der Waals surface area contributed by atoms with E-state index in [-0.39, 0.29) is 24.3 Å². The first-order valence-electron chi connectivity index (χ1n) is 12.4. The normalized spacial score (nSPS) is 19.7. The Morgan fingerprint density at radius 1 is 1.09 bits per heavy atom. The summed E-state index contributed by atoms with van der Waals surface area (Å²) in [5.41, 5.74) is 3.65. The Kier molecular flexibility index (Phi) is 7.43. The van der Waals surface area contributed by atoms with E-state index in [1.807, 2.05) is 31.2 Å². The van der Waals surface area contributed by atoms with Crippen molar-refractivity contribution in [3.63, 3.8) is 0 Å². The highest BCUT2D eigenvalue weighted by molar-refractivity contribution is 5.87. The second kappa shape index (κ2) is 10.5. The molecule has 0 aromatic heterocycles. The Balaban J connectivity index is 1.19. The Hall–Kier alpha value is -3.35. The summed E-state index contributed by atoms with van der Waals surface area (Å²) < 4.78 is 5.57. The maximum Gasteiger partial charge on any atom is 0.407 e. The van der Waals surface area contributed by atoms with Gasteiger partial charge in [0.25, 0.3) is 0 Å². The number of nitrogens with zero attached hydrogens (tertiary/aromatic N) is 1. The first-order valence-corrected chi connectivity index (χ1v) is 12.4. The van der Waals surface area contributed by atoms with Crippen molar-refractivity contribution in [2.45, 2.75) is 57.4 Å². The molecule has 2 N–H and O–H groups in total. The van der Waals surface area contributed by atoms with Crippen LogP contribution in [0.15, 0.2) is 48.5 Å². The van der Waals surface area contributed by atoms with Crippen molar-refractivity contribution in [2.24, 2.45) is 5.92 Å². The number of benzene rings is 2. The van der Waals surface area contributed by atoms with Gasteiger partial charge in [-0.25, -0.2) is 9.59 Å². The van der Waals surface area contributed by atoms with Crippen LogP contribution in [0.1, 0.15) is 63.0 Å². The van der Waals surface area contributed by atoms with Crippen LogP contribution in [0.2, 0.25) is 0 Å². The molecule has 2 aromatic carbocycles. The maximum atomic E-state index is 12.6. The molecular formula is C28H34N2O5. The maximum absolute atomic E-state index is 12.6. The van der Waals surface area contributed by atoms with Crippen molar-refractivity contribution in [1.29, 1.82) is 0 Å². The molecule has 7 heteroatoms. The van der Waals surface area contributed by atoms with Gasteiger partial charge < -0.3 is 20.1 Å². The summed E-state index contributed by atoms with van der Waals surface area (Å²) in [6.07, 6.45) is 2.45. The Morgan fingerprint density at radius 2 is 1.71 bits per heavy atom. The summed E-state index contributed by atoms with van der Waals surface area (Å²) in [4.78, 5) is 38.0. The lowest BCUT2D eigenvalue weighted by atomic mass is 9.97. The number of carbonyl (C=O) groups is 3. The highest BCUT2D eigenvalue weighted by Gasteiger charge is 2.45. The summed E-state index contributed by atoms with van der Waals surface area (Å²) in [7, 11) is 0. The van der Waals surface area contributed by atoms with Crippen molar-refractivity contribution < 1.29 is 24.2 Å². The average Bonchev–Trinajstić information content (AvgIpc) is 3.40. The number of carboxylic acid groups (broad SMARTS) is 1. The van der Waals surface area contributed by atoms with Crippen molar-refractivity contribution in [1.82, 2.24) is 10.2 Å². The molecule has 7 nitrogen and oxygen atoms in total. The Morgan fingerprint density at radius 3 is 2.34 bits per heavy atom. The van der Waals surface area contributed by atoms with Crippen LogP contribution in [0.4, 0.5) is 4.79 Å². The minimum atomic E-state index is -1.09. The average molecular weight is 479 g/mol. The monoisotopic (exact) mass is 478 g/mol. The van der Waals surface area contributed by atoms with Crippen LogP contribution in [-0.4, -0.2) is 53.2 Å². The number of carboxylic acids is 1. The summed E-state index contributed by atoms with van der Waals surface area (Å²) in [5.74, 6) is -0.806. The van der Waals surface area contributed by atoms with E-state index in [0.29, 0.717) is 45.2 Å². The topological polar surface area (TPSA) is 95.9 Å². The van der Waals surface area contributed by atoms with E-state index < -0.39 is 17.6 Å². The van der Waals surface area contributed by atoms with Crippen LogP contribution in [0.5, 0.6) is 0 Å². The van der Waals surface area contributed by atoms with Gasteiger partial charge >= 0.3 is 12.1 Å². The predicted molar refractivity (Wildman–Crippen MR) is 133 cm³/mol. The number of ether oxygens (including phenoxy) is 1. The molecule has 1 saturated heterocycles. The molecular weight excluding hydrogens is 444 g/mol. The van der Waals surface area contributed by atoms with E-state index in [9.17, 15) is 19.5 Å². The zero-order chi connectivity index (χ0) is 25.0. The van der Waals surface area contributed by atoms with E-state index in [1.54, 1.807) is 6.92 Å². The minimum Gasteiger partial charge on any atom is -0.480 e. The SMILES string of the molecule is CC(CCNC(=O)OCC1c2ccccc2-c2ccccc21)CCC(=O)N1CCC[C@]1(C)C(=O)O. The summed E-state index contributed by atoms with van der Waals surface area (Å²) >= 11 is 0. The summed E-state index contributed by atoms with van der Waals surface area (Å²) in [5, 5.41) is 12.3. The molecule has 2 amide bonds.